The Morgan fingerprint density at radius 3 is 2.88 bits per heavy atom. The normalized spacial score (nSPS) is 10.8. The van der Waals surface area contributed by atoms with Gasteiger partial charge in [0.05, 0.1) is 11.6 Å². The number of nitrogens with zero attached hydrogens (tertiary/aromatic N) is 3. The zero-order valence-electron chi connectivity index (χ0n) is 13.3. The Hall–Kier alpha value is -2.67. The number of amides is 1. The van der Waals surface area contributed by atoms with Crippen LogP contribution in [0.5, 0.6) is 0 Å². The second-order valence-electron chi connectivity index (χ2n) is 5.18. The zero-order valence-corrected chi connectivity index (χ0v) is 14.0. The summed E-state index contributed by atoms with van der Waals surface area (Å²) in [5, 5.41) is 14.1. The molecule has 3 rings (SSSR count). The standard InChI is InChI=1S/C16H16ClN5O2/c1-3-12-19-13(21-20-12)8-18-16(23)14-9(2)24-22-15(14)10-6-4-5-7-11(10)17/h4-7H,3,8H2,1-2H3,(H,18,23)(H,19,20,21). The van der Waals surface area contributed by atoms with Crippen LogP contribution in [0.1, 0.15) is 34.7 Å². The fraction of sp³-hybridized carbons (Fsp3) is 0.250. The molecule has 3 aromatic rings. The second kappa shape index (κ2) is 6.84. The van der Waals surface area contributed by atoms with E-state index in [0.717, 1.165) is 6.42 Å². The van der Waals surface area contributed by atoms with Gasteiger partial charge in [0.1, 0.15) is 22.8 Å². The predicted molar refractivity (Wildman–Crippen MR) is 88.6 cm³/mol. The number of rotatable bonds is 5. The number of carbonyl (C=O) groups excluding carboxylic acids is 1. The minimum absolute atomic E-state index is 0.235. The number of hydrogen-bond acceptors (Lipinski definition) is 5. The molecule has 0 atom stereocenters. The van der Waals surface area contributed by atoms with Crippen molar-refractivity contribution in [3.63, 3.8) is 0 Å². The molecule has 2 aromatic heterocycles. The number of H-pyrrole nitrogens is 1. The first kappa shape index (κ1) is 16.2. The van der Waals surface area contributed by atoms with E-state index in [-0.39, 0.29) is 12.5 Å². The average molecular weight is 346 g/mol. The van der Waals surface area contributed by atoms with E-state index in [2.05, 4.69) is 25.7 Å². The van der Waals surface area contributed by atoms with Crippen LogP contribution in [0, 0.1) is 6.92 Å². The molecular formula is C16H16ClN5O2. The summed E-state index contributed by atoms with van der Waals surface area (Å²) in [4.78, 5) is 16.8. The van der Waals surface area contributed by atoms with Gasteiger partial charge >= 0.3 is 0 Å². The van der Waals surface area contributed by atoms with E-state index < -0.39 is 0 Å². The van der Waals surface area contributed by atoms with Crippen molar-refractivity contribution in [1.29, 1.82) is 0 Å². The van der Waals surface area contributed by atoms with Gasteiger partial charge in [-0.3, -0.25) is 9.89 Å². The lowest BCUT2D eigenvalue weighted by atomic mass is 10.1. The van der Waals surface area contributed by atoms with Gasteiger partial charge in [0, 0.05) is 12.0 Å². The number of hydrogen-bond donors (Lipinski definition) is 2. The highest BCUT2D eigenvalue weighted by molar-refractivity contribution is 6.33. The Labute approximate surface area is 143 Å². The molecule has 0 aliphatic carbocycles. The fourth-order valence-corrected chi connectivity index (χ4v) is 2.53. The van der Waals surface area contributed by atoms with Crippen molar-refractivity contribution < 1.29 is 9.32 Å². The quantitative estimate of drug-likeness (QED) is 0.741. The summed E-state index contributed by atoms with van der Waals surface area (Å²) in [7, 11) is 0. The monoisotopic (exact) mass is 345 g/mol. The van der Waals surface area contributed by atoms with E-state index in [4.69, 9.17) is 16.1 Å². The van der Waals surface area contributed by atoms with Gasteiger partial charge in [-0.15, -0.1) is 0 Å². The highest BCUT2D eigenvalue weighted by atomic mass is 35.5. The van der Waals surface area contributed by atoms with Gasteiger partial charge < -0.3 is 9.84 Å². The van der Waals surface area contributed by atoms with Crippen LogP contribution >= 0.6 is 11.6 Å². The molecule has 124 valence electrons. The predicted octanol–water partition coefficient (Wildman–Crippen LogP) is 2.91. The van der Waals surface area contributed by atoms with Gasteiger partial charge in [-0.1, -0.05) is 41.9 Å². The van der Waals surface area contributed by atoms with Crippen molar-refractivity contribution in [3.8, 4) is 11.3 Å². The molecule has 0 unspecified atom stereocenters. The van der Waals surface area contributed by atoms with E-state index in [9.17, 15) is 4.79 Å². The number of aromatic nitrogens is 4. The van der Waals surface area contributed by atoms with Gasteiger partial charge in [0.15, 0.2) is 5.82 Å². The van der Waals surface area contributed by atoms with Gasteiger partial charge in [-0.2, -0.15) is 5.10 Å². The van der Waals surface area contributed by atoms with Gasteiger partial charge in [-0.05, 0) is 13.0 Å². The van der Waals surface area contributed by atoms with Crippen molar-refractivity contribution in [2.75, 3.05) is 0 Å². The lowest BCUT2D eigenvalue weighted by Crippen LogP contribution is -2.24. The first-order chi connectivity index (χ1) is 11.6. The third kappa shape index (κ3) is 3.16. The number of aryl methyl sites for hydroxylation is 2. The van der Waals surface area contributed by atoms with Crippen LogP contribution in [-0.2, 0) is 13.0 Å². The van der Waals surface area contributed by atoms with Crippen molar-refractivity contribution in [1.82, 2.24) is 25.7 Å². The molecule has 2 heterocycles. The lowest BCUT2D eigenvalue weighted by molar-refractivity contribution is 0.0949. The van der Waals surface area contributed by atoms with Crippen LogP contribution in [0.2, 0.25) is 5.02 Å². The summed E-state index contributed by atoms with van der Waals surface area (Å²) in [6.45, 7) is 3.88. The third-order valence-corrected chi connectivity index (χ3v) is 3.86. The Bertz CT molecular complexity index is 871. The molecule has 1 aromatic carbocycles. The zero-order chi connectivity index (χ0) is 17.1. The molecule has 7 nitrogen and oxygen atoms in total. The summed E-state index contributed by atoms with van der Waals surface area (Å²) >= 11 is 6.20. The second-order valence-corrected chi connectivity index (χ2v) is 5.58. The number of nitrogens with one attached hydrogen (secondary N) is 2. The maximum atomic E-state index is 12.6. The molecule has 2 N–H and O–H groups in total. The molecule has 8 heteroatoms. The summed E-state index contributed by atoms with van der Waals surface area (Å²) in [5.74, 6) is 1.41. The van der Waals surface area contributed by atoms with Crippen LogP contribution in [0.25, 0.3) is 11.3 Å². The summed E-state index contributed by atoms with van der Waals surface area (Å²) in [6.07, 6.45) is 0.728. The third-order valence-electron chi connectivity index (χ3n) is 3.53. The molecule has 0 radical (unpaired) electrons. The molecular weight excluding hydrogens is 330 g/mol. The molecule has 0 aliphatic heterocycles. The summed E-state index contributed by atoms with van der Waals surface area (Å²) in [6, 6.07) is 7.17. The van der Waals surface area contributed by atoms with Crippen LogP contribution in [0.4, 0.5) is 0 Å². The number of carbonyl (C=O) groups is 1. The molecule has 1 amide bonds. The largest absolute Gasteiger partial charge is 0.360 e. The van der Waals surface area contributed by atoms with E-state index in [0.29, 0.717) is 39.3 Å². The van der Waals surface area contributed by atoms with Crippen molar-refractivity contribution in [3.05, 3.63) is 52.3 Å². The minimum Gasteiger partial charge on any atom is -0.360 e. The summed E-state index contributed by atoms with van der Waals surface area (Å²) < 4.78 is 5.19. The highest BCUT2D eigenvalue weighted by Crippen LogP contribution is 2.30. The van der Waals surface area contributed by atoms with E-state index in [1.165, 1.54) is 0 Å². The Morgan fingerprint density at radius 1 is 1.38 bits per heavy atom. The topological polar surface area (TPSA) is 96.7 Å². The van der Waals surface area contributed by atoms with Crippen LogP contribution in [-0.4, -0.2) is 26.2 Å². The van der Waals surface area contributed by atoms with E-state index in [1.54, 1.807) is 19.1 Å². The Kier molecular flexibility index (Phi) is 4.61. The molecule has 0 saturated carbocycles. The average Bonchev–Trinajstić information content (AvgIpc) is 3.19. The van der Waals surface area contributed by atoms with Gasteiger partial charge in [-0.25, -0.2) is 4.98 Å². The number of benzene rings is 1. The van der Waals surface area contributed by atoms with E-state index >= 15 is 0 Å². The first-order valence-electron chi connectivity index (χ1n) is 7.49. The molecule has 0 aliphatic rings. The maximum absolute atomic E-state index is 12.6. The minimum atomic E-state index is -0.307. The van der Waals surface area contributed by atoms with Crippen molar-refractivity contribution in [2.24, 2.45) is 0 Å². The number of aromatic amines is 1. The Balaban J connectivity index is 1.82. The SMILES string of the molecule is CCc1n[nH]c(CNC(=O)c2c(-c3ccccc3Cl)noc2C)n1. The van der Waals surface area contributed by atoms with Crippen LogP contribution in [0.3, 0.4) is 0 Å². The molecule has 24 heavy (non-hydrogen) atoms. The summed E-state index contributed by atoms with van der Waals surface area (Å²) in [5.41, 5.74) is 1.43. The van der Waals surface area contributed by atoms with Crippen LogP contribution in [0.15, 0.2) is 28.8 Å². The molecule has 0 spiro atoms. The van der Waals surface area contributed by atoms with Crippen LogP contribution < -0.4 is 5.32 Å². The number of halogens is 1. The van der Waals surface area contributed by atoms with E-state index in [1.807, 2.05) is 19.1 Å². The fourth-order valence-electron chi connectivity index (χ4n) is 2.30. The van der Waals surface area contributed by atoms with Crippen molar-refractivity contribution >= 4 is 17.5 Å². The van der Waals surface area contributed by atoms with Crippen molar-refractivity contribution in [2.45, 2.75) is 26.8 Å². The highest BCUT2D eigenvalue weighted by Gasteiger charge is 2.23. The van der Waals surface area contributed by atoms with Gasteiger partial charge in [0.25, 0.3) is 5.91 Å². The lowest BCUT2D eigenvalue weighted by Gasteiger charge is -2.05. The van der Waals surface area contributed by atoms with Gasteiger partial charge in [0.2, 0.25) is 0 Å². The molecule has 0 fully saturated rings. The Morgan fingerprint density at radius 2 is 2.17 bits per heavy atom. The molecule has 0 saturated heterocycles. The smallest absolute Gasteiger partial charge is 0.257 e. The molecule has 0 bridgehead atoms. The first-order valence-corrected chi connectivity index (χ1v) is 7.87. The maximum Gasteiger partial charge on any atom is 0.257 e.